The first-order valence-corrected chi connectivity index (χ1v) is 10.6. The van der Waals surface area contributed by atoms with Gasteiger partial charge in [-0.05, 0) is 37.6 Å². The molecule has 0 radical (unpaired) electrons. The molecule has 1 amide bonds. The maximum Gasteiger partial charge on any atom is 0.234 e. The molecule has 0 atom stereocenters. The SMILES string of the molecule is Cc1ccccc1NC(=O)CSc1nc(N)c2c3c(sc2n1)CN(C)CC3. The Labute approximate surface area is 166 Å². The standard InChI is InChI=1S/C19H21N5OS2/c1-11-5-3-4-6-13(11)21-15(25)10-26-19-22-17(20)16-12-7-8-24(2)9-14(12)27-18(16)23-19/h3-6H,7-10H2,1-2H3,(H,21,25)(H2,20,22,23). The van der Waals surface area contributed by atoms with Crippen LogP contribution in [0.1, 0.15) is 16.0 Å². The molecule has 140 valence electrons. The molecule has 0 unspecified atom stereocenters. The van der Waals surface area contributed by atoms with Crippen molar-refractivity contribution in [3.8, 4) is 0 Å². The summed E-state index contributed by atoms with van der Waals surface area (Å²) in [6, 6.07) is 7.72. The first-order chi connectivity index (χ1) is 13.0. The Hall–Kier alpha value is -2.16. The number of hydrogen-bond donors (Lipinski definition) is 2. The topological polar surface area (TPSA) is 84.1 Å². The minimum atomic E-state index is -0.0799. The number of nitrogens with two attached hydrogens (primary N) is 1. The Bertz CT molecular complexity index is 1020. The van der Waals surface area contributed by atoms with E-state index in [9.17, 15) is 4.79 Å². The van der Waals surface area contributed by atoms with Crippen LogP contribution < -0.4 is 11.1 Å². The molecule has 2 aromatic heterocycles. The van der Waals surface area contributed by atoms with Crippen molar-refractivity contribution >= 4 is 50.7 Å². The van der Waals surface area contributed by atoms with Crippen molar-refractivity contribution in [1.82, 2.24) is 14.9 Å². The summed E-state index contributed by atoms with van der Waals surface area (Å²) in [5.74, 6) is 0.681. The van der Waals surface area contributed by atoms with E-state index in [1.165, 1.54) is 22.2 Å². The van der Waals surface area contributed by atoms with E-state index >= 15 is 0 Å². The largest absolute Gasteiger partial charge is 0.383 e. The van der Waals surface area contributed by atoms with Crippen LogP contribution in [-0.2, 0) is 17.8 Å². The summed E-state index contributed by atoms with van der Waals surface area (Å²) in [6.45, 7) is 3.92. The van der Waals surface area contributed by atoms with E-state index in [0.29, 0.717) is 11.0 Å². The lowest BCUT2D eigenvalue weighted by molar-refractivity contribution is -0.113. The Balaban J connectivity index is 1.49. The van der Waals surface area contributed by atoms with E-state index in [0.717, 1.165) is 41.0 Å². The van der Waals surface area contributed by atoms with Gasteiger partial charge in [-0.1, -0.05) is 30.0 Å². The number of likely N-dealkylation sites (N-methyl/N-ethyl adjacent to an activating group) is 1. The molecular weight excluding hydrogens is 378 g/mol. The van der Waals surface area contributed by atoms with Crippen LogP contribution in [0, 0.1) is 6.92 Å². The number of para-hydroxylation sites is 1. The van der Waals surface area contributed by atoms with Crippen LogP contribution in [0.4, 0.5) is 11.5 Å². The lowest BCUT2D eigenvalue weighted by Gasteiger charge is -2.22. The number of aryl methyl sites for hydroxylation is 1. The third kappa shape index (κ3) is 3.78. The first kappa shape index (κ1) is 18.2. The number of thioether (sulfide) groups is 1. The number of benzene rings is 1. The molecule has 8 heteroatoms. The summed E-state index contributed by atoms with van der Waals surface area (Å²) >= 11 is 3.00. The van der Waals surface area contributed by atoms with Gasteiger partial charge in [-0.2, -0.15) is 0 Å². The molecule has 3 aromatic rings. The van der Waals surface area contributed by atoms with Gasteiger partial charge in [-0.15, -0.1) is 11.3 Å². The van der Waals surface area contributed by atoms with E-state index in [2.05, 4.69) is 27.2 Å². The van der Waals surface area contributed by atoms with Crippen LogP contribution >= 0.6 is 23.1 Å². The van der Waals surface area contributed by atoms with Crippen molar-refractivity contribution < 1.29 is 4.79 Å². The third-order valence-corrected chi connectivity index (χ3v) is 6.61. The van der Waals surface area contributed by atoms with Crippen LogP contribution in [-0.4, -0.2) is 40.1 Å². The fourth-order valence-electron chi connectivity index (χ4n) is 3.22. The van der Waals surface area contributed by atoms with Crippen molar-refractivity contribution in [2.24, 2.45) is 0 Å². The number of anilines is 2. The zero-order valence-electron chi connectivity index (χ0n) is 15.3. The van der Waals surface area contributed by atoms with Gasteiger partial charge in [-0.25, -0.2) is 9.97 Å². The third-order valence-electron chi connectivity index (χ3n) is 4.65. The quantitative estimate of drug-likeness (QED) is 0.517. The van der Waals surface area contributed by atoms with Gasteiger partial charge in [0.05, 0.1) is 11.1 Å². The van der Waals surface area contributed by atoms with Crippen molar-refractivity contribution in [3.63, 3.8) is 0 Å². The van der Waals surface area contributed by atoms with Crippen LogP contribution in [0.5, 0.6) is 0 Å². The van der Waals surface area contributed by atoms with Crippen molar-refractivity contribution in [1.29, 1.82) is 0 Å². The molecule has 0 fully saturated rings. The fraction of sp³-hybridized carbons (Fsp3) is 0.316. The number of amides is 1. The van der Waals surface area contributed by atoms with Gasteiger partial charge in [-0.3, -0.25) is 4.79 Å². The molecule has 4 rings (SSSR count). The number of carbonyl (C=O) groups is 1. The number of nitrogens with zero attached hydrogens (tertiary/aromatic N) is 3. The van der Waals surface area contributed by atoms with E-state index in [-0.39, 0.29) is 11.7 Å². The lowest BCUT2D eigenvalue weighted by Crippen LogP contribution is -2.25. The minimum absolute atomic E-state index is 0.0799. The van der Waals surface area contributed by atoms with Crippen LogP contribution in [0.2, 0.25) is 0 Å². The fourth-order valence-corrected chi connectivity index (χ4v) is 5.24. The lowest BCUT2D eigenvalue weighted by atomic mass is 10.1. The van der Waals surface area contributed by atoms with Crippen LogP contribution in [0.25, 0.3) is 10.2 Å². The van der Waals surface area contributed by atoms with Gasteiger partial charge in [0.1, 0.15) is 10.6 Å². The van der Waals surface area contributed by atoms with Crippen molar-refractivity contribution in [3.05, 3.63) is 40.3 Å². The van der Waals surface area contributed by atoms with Crippen LogP contribution in [0.15, 0.2) is 29.4 Å². The number of thiophene rings is 1. The highest BCUT2D eigenvalue weighted by atomic mass is 32.2. The highest BCUT2D eigenvalue weighted by molar-refractivity contribution is 7.99. The Morgan fingerprint density at radius 2 is 2.19 bits per heavy atom. The maximum atomic E-state index is 12.3. The Morgan fingerprint density at radius 1 is 1.37 bits per heavy atom. The number of carbonyl (C=O) groups excluding carboxylic acids is 1. The average molecular weight is 400 g/mol. The van der Waals surface area contributed by atoms with E-state index in [4.69, 9.17) is 5.73 Å². The number of hydrogen-bond acceptors (Lipinski definition) is 7. The molecule has 3 N–H and O–H groups in total. The Kier molecular flexibility index (Phi) is 5.03. The summed E-state index contributed by atoms with van der Waals surface area (Å²) in [5, 5.41) is 4.47. The van der Waals surface area contributed by atoms with Gasteiger partial charge < -0.3 is 16.0 Å². The second-order valence-corrected chi connectivity index (χ2v) is 8.74. The summed E-state index contributed by atoms with van der Waals surface area (Å²) < 4.78 is 0. The highest BCUT2D eigenvalue weighted by Crippen LogP contribution is 2.37. The maximum absolute atomic E-state index is 12.3. The predicted molar refractivity (Wildman–Crippen MR) is 112 cm³/mol. The number of aromatic nitrogens is 2. The smallest absolute Gasteiger partial charge is 0.234 e. The van der Waals surface area contributed by atoms with E-state index in [1.54, 1.807) is 11.3 Å². The molecule has 0 aliphatic carbocycles. The second kappa shape index (κ2) is 7.46. The first-order valence-electron chi connectivity index (χ1n) is 8.76. The zero-order chi connectivity index (χ0) is 19.0. The summed E-state index contributed by atoms with van der Waals surface area (Å²) in [4.78, 5) is 25.9. The van der Waals surface area contributed by atoms with Gasteiger partial charge in [0.15, 0.2) is 5.16 Å². The highest BCUT2D eigenvalue weighted by Gasteiger charge is 2.22. The van der Waals surface area contributed by atoms with E-state index in [1.807, 2.05) is 31.2 Å². The summed E-state index contributed by atoms with van der Waals surface area (Å²) in [7, 11) is 2.12. The van der Waals surface area contributed by atoms with Gasteiger partial charge in [0.25, 0.3) is 0 Å². The molecule has 1 aliphatic heterocycles. The predicted octanol–water partition coefficient (Wildman–Crippen LogP) is 3.30. The van der Waals surface area contributed by atoms with Crippen molar-refractivity contribution in [2.75, 3.05) is 30.4 Å². The van der Waals surface area contributed by atoms with Gasteiger partial charge in [0.2, 0.25) is 5.91 Å². The van der Waals surface area contributed by atoms with E-state index < -0.39 is 0 Å². The molecule has 1 aromatic carbocycles. The monoisotopic (exact) mass is 399 g/mol. The zero-order valence-corrected chi connectivity index (χ0v) is 16.9. The van der Waals surface area contributed by atoms with Crippen molar-refractivity contribution in [2.45, 2.75) is 25.0 Å². The summed E-state index contributed by atoms with van der Waals surface area (Å²) in [6.07, 6.45) is 0.977. The molecular formula is C19H21N5OS2. The molecule has 0 spiro atoms. The molecule has 1 aliphatic rings. The molecule has 3 heterocycles. The van der Waals surface area contributed by atoms with Crippen LogP contribution in [0.3, 0.4) is 0 Å². The molecule has 0 saturated heterocycles. The second-order valence-electron chi connectivity index (χ2n) is 6.71. The normalized spacial score (nSPS) is 14.3. The molecule has 0 bridgehead atoms. The molecule has 0 saturated carbocycles. The minimum Gasteiger partial charge on any atom is -0.383 e. The number of rotatable bonds is 4. The summed E-state index contributed by atoms with van der Waals surface area (Å²) in [5.41, 5.74) is 9.39. The Morgan fingerprint density at radius 3 is 3.00 bits per heavy atom. The molecule has 27 heavy (non-hydrogen) atoms. The average Bonchev–Trinajstić information content (AvgIpc) is 2.99. The van der Waals surface area contributed by atoms with Gasteiger partial charge in [0, 0.05) is 23.7 Å². The number of nitrogen functional groups attached to an aromatic ring is 1. The number of fused-ring (bicyclic) bond motifs is 3. The molecule has 6 nitrogen and oxygen atoms in total. The number of nitrogens with one attached hydrogen (secondary N) is 1. The van der Waals surface area contributed by atoms with Gasteiger partial charge >= 0.3 is 0 Å².